The molecule has 5 rings (SSSR count). The van der Waals surface area contributed by atoms with Crippen molar-refractivity contribution in [1.29, 1.82) is 0 Å². The van der Waals surface area contributed by atoms with Crippen LogP contribution in [0.1, 0.15) is 48.6 Å². The van der Waals surface area contributed by atoms with Crippen LogP contribution < -0.4 is 0 Å². The van der Waals surface area contributed by atoms with Crippen LogP contribution in [0.3, 0.4) is 0 Å². The molecule has 0 saturated carbocycles. The van der Waals surface area contributed by atoms with Gasteiger partial charge in [-0.3, -0.25) is 0 Å². The van der Waals surface area contributed by atoms with Gasteiger partial charge in [0, 0.05) is 0 Å². The van der Waals surface area contributed by atoms with E-state index in [0.29, 0.717) is 5.56 Å². The minimum absolute atomic E-state index is 0.109. The van der Waals surface area contributed by atoms with E-state index in [2.05, 4.69) is 77.1 Å². The van der Waals surface area contributed by atoms with Gasteiger partial charge in [0.05, 0.1) is 5.56 Å². The van der Waals surface area contributed by atoms with E-state index in [-0.39, 0.29) is 11.0 Å². The zero-order valence-electron chi connectivity index (χ0n) is 22.1. The minimum Gasteiger partial charge on any atom is -0.166 e. The van der Waals surface area contributed by atoms with Gasteiger partial charge in [-0.2, -0.15) is 13.2 Å². The molecule has 0 saturated heterocycles. The highest BCUT2D eigenvalue weighted by molar-refractivity contribution is 6.21. The van der Waals surface area contributed by atoms with Gasteiger partial charge >= 0.3 is 6.18 Å². The summed E-state index contributed by atoms with van der Waals surface area (Å²) in [6.07, 6.45) is -4.42. The molecule has 0 unspecified atom stereocenters. The Balaban J connectivity index is 1.98. The molecule has 0 aliphatic rings. The van der Waals surface area contributed by atoms with Crippen LogP contribution in [0.15, 0.2) is 78.9 Å². The van der Waals surface area contributed by atoms with Crippen LogP contribution in [0.4, 0.5) is 13.2 Å². The molecular formula is C34H31F3. The molecule has 0 fully saturated rings. The van der Waals surface area contributed by atoms with Crippen molar-refractivity contribution < 1.29 is 13.2 Å². The van der Waals surface area contributed by atoms with Crippen molar-refractivity contribution in [3.63, 3.8) is 0 Å². The second kappa shape index (κ2) is 8.76. The summed E-state index contributed by atoms with van der Waals surface area (Å²) in [4.78, 5) is 0. The molecule has 0 N–H and O–H groups in total. The van der Waals surface area contributed by atoms with Crippen LogP contribution in [0.5, 0.6) is 0 Å². The first kappa shape index (κ1) is 25.1. The van der Waals surface area contributed by atoms with Gasteiger partial charge in [0.25, 0.3) is 0 Å². The Morgan fingerprint density at radius 3 is 1.62 bits per heavy atom. The number of fused-ring (bicyclic) bond motifs is 2. The van der Waals surface area contributed by atoms with Crippen molar-refractivity contribution in [2.24, 2.45) is 0 Å². The lowest BCUT2D eigenvalue weighted by Gasteiger charge is -2.23. The zero-order chi connectivity index (χ0) is 26.7. The molecule has 0 bridgehead atoms. The first-order chi connectivity index (χ1) is 17.4. The zero-order valence-corrected chi connectivity index (χ0v) is 22.1. The summed E-state index contributed by atoms with van der Waals surface area (Å²) in [6.45, 7) is 12.2. The molecule has 0 heterocycles. The van der Waals surface area contributed by atoms with Crippen molar-refractivity contribution in [3.05, 3.63) is 107 Å². The van der Waals surface area contributed by atoms with Gasteiger partial charge in [0.15, 0.2) is 0 Å². The van der Waals surface area contributed by atoms with Crippen molar-refractivity contribution in [2.75, 3.05) is 0 Å². The summed E-state index contributed by atoms with van der Waals surface area (Å²) in [5, 5.41) is 3.99. The van der Waals surface area contributed by atoms with E-state index in [1.54, 1.807) is 6.07 Å². The maximum Gasteiger partial charge on any atom is 0.416 e. The summed E-state index contributed by atoms with van der Waals surface area (Å²) < 4.78 is 41.8. The molecule has 3 heteroatoms. The third-order valence-electron chi connectivity index (χ3n) is 7.52. The Kier molecular flexibility index (Phi) is 5.94. The van der Waals surface area contributed by atoms with E-state index in [1.165, 1.54) is 24.1 Å². The van der Waals surface area contributed by atoms with Crippen molar-refractivity contribution in [2.45, 2.75) is 53.1 Å². The summed E-state index contributed by atoms with van der Waals surface area (Å²) >= 11 is 0. The number of hydrogen-bond acceptors (Lipinski definition) is 0. The van der Waals surface area contributed by atoms with Gasteiger partial charge in [-0.05, 0) is 104 Å². The monoisotopic (exact) mass is 496 g/mol. The van der Waals surface area contributed by atoms with Crippen LogP contribution in [0, 0.1) is 20.8 Å². The normalized spacial score (nSPS) is 12.5. The topological polar surface area (TPSA) is 0 Å². The van der Waals surface area contributed by atoms with E-state index in [9.17, 15) is 13.2 Å². The van der Waals surface area contributed by atoms with Gasteiger partial charge in [0.2, 0.25) is 0 Å². The van der Waals surface area contributed by atoms with E-state index in [1.807, 2.05) is 24.3 Å². The Morgan fingerprint density at radius 1 is 0.514 bits per heavy atom. The Morgan fingerprint density at radius 2 is 1.05 bits per heavy atom. The number of rotatable bonds is 2. The average Bonchev–Trinajstić information content (AvgIpc) is 2.83. The fraction of sp³-hybridized carbons (Fsp3) is 0.235. The highest BCUT2D eigenvalue weighted by atomic mass is 19.4. The van der Waals surface area contributed by atoms with Crippen molar-refractivity contribution >= 4 is 21.5 Å². The second-order valence-electron chi connectivity index (χ2n) is 11.1. The van der Waals surface area contributed by atoms with Gasteiger partial charge < -0.3 is 0 Å². The van der Waals surface area contributed by atoms with Crippen LogP contribution in [-0.4, -0.2) is 0 Å². The SMILES string of the molecule is Cc1ccc(-c2c3ccccc3c(-c3ccc(C)c(C(F)(F)F)c3)c3cc(C(C)(C)C)ccc23)cc1C. The highest BCUT2D eigenvalue weighted by Crippen LogP contribution is 2.46. The fourth-order valence-corrected chi connectivity index (χ4v) is 5.25. The lowest BCUT2D eigenvalue weighted by atomic mass is 9.81. The predicted octanol–water partition coefficient (Wildman–Crippen LogP) is 10.6. The first-order valence-corrected chi connectivity index (χ1v) is 12.6. The minimum atomic E-state index is -4.42. The molecular weight excluding hydrogens is 465 g/mol. The lowest BCUT2D eigenvalue weighted by Crippen LogP contribution is -2.11. The molecule has 0 spiro atoms. The van der Waals surface area contributed by atoms with Gasteiger partial charge in [-0.15, -0.1) is 0 Å². The molecule has 0 aliphatic heterocycles. The Hall–Kier alpha value is -3.59. The average molecular weight is 497 g/mol. The Labute approximate surface area is 216 Å². The molecule has 0 aliphatic carbocycles. The molecule has 0 aromatic heterocycles. The molecule has 0 nitrogen and oxygen atoms in total. The maximum atomic E-state index is 13.9. The van der Waals surface area contributed by atoms with E-state index in [0.717, 1.165) is 43.8 Å². The van der Waals surface area contributed by atoms with E-state index < -0.39 is 11.7 Å². The molecule has 0 radical (unpaired) electrons. The lowest BCUT2D eigenvalue weighted by molar-refractivity contribution is -0.138. The molecule has 188 valence electrons. The first-order valence-electron chi connectivity index (χ1n) is 12.6. The van der Waals surface area contributed by atoms with Gasteiger partial charge in [-0.25, -0.2) is 0 Å². The summed E-state index contributed by atoms with van der Waals surface area (Å²) in [7, 11) is 0. The molecule has 0 amide bonds. The number of benzene rings is 5. The van der Waals surface area contributed by atoms with Crippen LogP contribution >= 0.6 is 0 Å². The summed E-state index contributed by atoms with van der Waals surface area (Å²) in [5.74, 6) is 0. The second-order valence-corrected chi connectivity index (χ2v) is 11.1. The molecule has 0 atom stereocenters. The highest BCUT2D eigenvalue weighted by Gasteiger charge is 2.33. The maximum absolute atomic E-state index is 13.9. The van der Waals surface area contributed by atoms with E-state index in [4.69, 9.17) is 0 Å². The Bertz CT molecular complexity index is 1660. The smallest absolute Gasteiger partial charge is 0.166 e. The fourth-order valence-electron chi connectivity index (χ4n) is 5.25. The number of aryl methyl sites for hydroxylation is 3. The van der Waals surface area contributed by atoms with Crippen LogP contribution in [0.2, 0.25) is 0 Å². The third kappa shape index (κ3) is 4.41. The van der Waals surface area contributed by atoms with Crippen molar-refractivity contribution in [3.8, 4) is 22.3 Å². The number of hydrogen-bond donors (Lipinski definition) is 0. The standard InChI is InChI=1S/C34H31F3/c1-20-11-13-23(17-22(20)3)31-26-9-7-8-10-27(26)32(24-14-12-21(2)30(18-24)34(35,36)37)29-19-25(33(4,5)6)15-16-28(29)31/h7-19H,1-6H3. The quantitative estimate of drug-likeness (QED) is 0.213. The number of halogens is 3. The van der Waals surface area contributed by atoms with Gasteiger partial charge in [0.1, 0.15) is 0 Å². The van der Waals surface area contributed by atoms with Crippen molar-refractivity contribution in [1.82, 2.24) is 0 Å². The molecule has 5 aromatic carbocycles. The summed E-state index contributed by atoms with van der Waals surface area (Å²) in [5.41, 5.74) is 6.75. The largest absolute Gasteiger partial charge is 0.416 e. The predicted molar refractivity (Wildman–Crippen MR) is 150 cm³/mol. The van der Waals surface area contributed by atoms with Gasteiger partial charge in [-0.1, -0.05) is 87.5 Å². The van der Waals surface area contributed by atoms with Crippen LogP contribution in [0.25, 0.3) is 43.8 Å². The molecule has 5 aromatic rings. The van der Waals surface area contributed by atoms with Crippen LogP contribution in [-0.2, 0) is 11.6 Å². The van der Waals surface area contributed by atoms with E-state index >= 15 is 0 Å². The molecule has 37 heavy (non-hydrogen) atoms. The number of alkyl halides is 3. The summed E-state index contributed by atoms with van der Waals surface area (Å²) in [6, 6.07) is 25.8. The third-order valence-corrected chi connectivity index (χ3v) is 7.52.